The van der Waals surface area contributed by atoms with Gasteiger partial charge in [-0.3, -0.25) is 0 Å². The fourth-order valence-corrected chi connectivity index (χ4v) is 0.948. The summed E-state index contributed by atoms with van der Waals surface area (Å²) in [6.45, 7) is -1.26. The molecule has 0 bridgehead atoms. The van der Waals surface area contributed by atoms with Gasteiger partial charge in [-0.1, -0.05) is 0 Å². The lowest BCUT2D eigenvalue weighted by Crippen LogP contribution is -2.22. The van der Waals surface area contributed by atoms with Gasteiger partial charge in [0, 0.05) is 0 Å². The summed E-state index contributed by atoms with van der Waals surface area (Å²) in [5, 5.41) is 1.37. The molecule has 1 aromatic rings. The molecule has 0 saturated carbocycles. The van der Waals surface area contributed by atoms with Crippen LogP contribution in [0.2, 0.25) is 10.6 Å². The second-order valence-corrected chi connectivity index (χ2v) is 2.84. The Labute approximate surface area is 86.5 Å². The second kappa shape index (κ2) is 4.14. The molecule has 0 atom stereocenters. The molecule has 1 rings (SSSR count). The van der Waals surface area contributed by atoms with E-state index in [4.69, 9.17) is 23.2 Å². The Balaban J connectivity index is 2.68. The molecule has 0 aromatic carbocycles. The van der Waals surface area contributed by atoms with E-state index in [1.54, 1.807) is 0 Å². The summed E-state index contributed by atoms with van der Waals surface area (Å²) in [6.07, 6.45) is -4.36. The summed E-state index contributed by atoms with van der Waals surface area (Å²) in [4.78, 5) is 10.1. The van der Waals surface area contributed by atoms with Crippen molar-refractivity contribution in [2.24, 2.45) is 0 Å². The molecule has 0 aliphatic carbocycles. The third-order valence-electron chi connectivity index (χ3n) is 1.03. The van der Waals surface area contributed by atoms with E-state index in [2.05, 4.69) is 15.0 Å². The highest BCUT2D eigenvalue weighted by atomic mass is 35.5. The van der Waals surface area contributed by atoms with E-state index in [1.807, 2.05) is 5.32 Å². The van der Waals surface area contributed by atoms with Crippen LogP contribution in [0.4, 0.5) is 19.1 Å². The van der Waals surface area contributed by atoms with Gasteiger partial charge in [-0.15, -0.1) is 0 Å². The van der Waals surface area contributed by atoms with Crippen LogP contribution in [-0.4, -0.2) is 27.7 Å². The molecule has 0 saturated heterocycles. The van der Waals surface area contributed by atoms with Crippen LogP contribution in [0.15, 0.2) is 0 Å². The number of nitrogens with one attached hydrogen (secondary N) is 1. The minimum absolute atomic E-state index is 0.269. The van der Waals surface area contributed by atoms with Gasteiger partial charge in [0.1, 0.15) is 6.54 Å². The lowest BCUT2D eigenvalue weighted by molar-refractivity contribution is -0.115. The average Bonchev–Trinajstić information content (AvgIpc) is 1.97. The Morgan fingerprint density at radius 2 is 1.57 bits per heavy atom. The Hall–Kier alpha value is -0.820. The van der Waals surface area contributed by atoms with Crippen molar-refractivity contribution >= 4 is 29.2 Å². The fraction of sp³-hybridized carbons (Fsp3) is 0.400. The van der Waals surface area contributed by atoms with E-state index in [-0.39, 0.29) is 16.5 Å². The van der Waals surface area contributed by atoms with Crippen molar-refractivity contribution < 1.29 is 13.2 Å². The topological polar surface area (TPSA) is 50.7 Å². The van der Waals surface area contributed by atoms with Crippen LogP contribution in [0.5, 0.6) is 0 Å². The number of halogens is 5. The molecule has 0 aliphatic rings. The minimum Gasteiger partial charge on any atom is -0.345 e. The molecule has 1 aromatic heterocycles. The Kier molecular flexibility index (Phi) is 3.33. The Morgan fingerprint density at radius 1 is 1.07 bits per heavy atom. The molecule has 9 heteroatoms. The molecule has 4 nitrogen and oxygen atoms in total. The zero-order valence-electron chi connectivity index (χ0n) is 6.44. The van der Waals surface area contributed by atoms with Crippen LogP contribution < -0.4 is 5.32 Å². The van der Waals surface area contributed by atoms with Gasteiger partial charge in [-0.25, -0.2) is 0 Å². The number of nitrogens with zero attached hydrogens (tertiary/aromatic N) is 3. The summed E-state index contributed by atoms with van der Waals surface area (Å²) in [7, 11) is 0. The molecule has 0 unspecified atom stereocenters. The molecule has 14 heavy (non-hydrogen) atoms. The highest BCUT2D eigenvalue weighted by molar-refractivity contribution is 6.31. The first-order valence-corrected chi connectivity index (χ1v) is 4.00. The summed E-state index contributed by atoms with van der Waals surface area (Å²) >= 11 is 10.7. The van der Waals surface area contributed by atoms with Crippen LogP contribution >= 0.6 is 23.2 Å². The number of hydrogen-bond donors (Lipinski definition) is 1. The van der Waals surface area contributed by atoms with E-state index in [0.29, 0.717) is 0 Å². The fourth-order valence-electron chi connectivity index (χ4n) is 0.584. The highest BCUT2D eigenvalue weighted by Crippen LogP contribution is 2.16. The van der Waals surface area contributed by atoms with E-state index in [9.17, 15) is 13.2 Å². The third-order valence-corrected chi connectivity index (χ3v) is 1.37. The lowest BCUT2D eigenvalue weighted by Gasteiger charge is -2.07. The zero-order chi connectivity index (χ0) is 10.8. The van der Waals surface area contributed by atoms with Crippen molar-refractivity contribution in [2.45, 2.75) is 6.18 Å². The first kappa shape index (κ1) is 11.3. The summed E-state index contributed by atoms with van der Waals surface area (Å²) in [5.41, 5.74) is 0. The summed E-state index contributed by atoms with van der Waals surface area (Å²) in [6, 6.07) is 0. The minimum atomic E-state index is -4.36. The van der Waals surface area contributed by atoms with Crippen LogP contribution in [0.1, 0.15) is 0 Å². The maximum Gasteiger partial charge on any atom is 0.405 e. The van der Waals surface area contributed by atoms with Gasteiger partial charge in [-0.2, -0.15) is 28.1 Å². The van der Waals surface area contributed by atoms with Crippen molar-refractivity contribution in [2.75, 3.05) is 11.9 Å². The second-order valence-electron chi connectivity index (χ2n) is 2.17. The van der Waals surface area contributed by atoms with Gasteiger partial charge in [0.05, 0.1) is 0 Å². The summed E-state index contributed by atoms with van der Waals surface area (Å²) < 4.78 is 35.2. The molecule has 0 radical (unpaired) electrons. The number of anilines is 1. The predicted molar refractivity (Wildman–Crippen MR) is 44.4 cm³/mol. The normalized spacial score (nSPS) is 11.5. The van der Waals surface area contributed by atoms with Crippen molar-refractivity contribution in [3.05, 3.63) is 10.6 Å². The molecule has 0 amide bonds. The third kappa shape index (κ3) is 3.93. The average molecular weight is 247 g/mol. The first-order chi connectivity index (χ1) is 6.37. The van der Waals surface area contributed by atoms with Crippen molar-refractivity contribution in [1.82, 2.24) is 15.0 Å². The van der Waals surface area contributed by atoms with E-state index < -0.39 is 12.7 Å². The molecule has 78 valence electrons. The quantitative estimate of drug-likeness (QED) is 0.869. The first-order valence-electron chi connectivity index (χ1n) is 3.24. The van der Waals surface area contributed by atoms with Gasteiger partial charge < -0.3 is 5.32 Å². The molecule has 0 spiro atoms. The van der Waals surface area contributed by atoms with Crippen LogP contribution in [0.25, 0.3) is 0 Å². The van der Waals surface area contributed by atoms with Gasteiger partial charge in [0.15, 0.2) is 0 Å². The van der Waals surface area contributed by atoms with Gasteiger partial charge in [0.2, 0.25) is 16.5 Å². The molecular formula is C5H3Cl2F3N4. The summed E-state index contributed by atoms with van der Waals surface area (Å²) in [5.74, 6) is -0.313. The monoisotopic (exact) mass is 246 g/mol. The zero-order valence-corrected chi connectivity index (χ0v) is 7.95. The number of hydrogen-bond acceptors (Lipinski definition) is 4. The standard InChI is InChI=1S/C5H3Cl2F3N4/c6-2-12-3(7)14-4(13-2)11-1-5(8,9)10/h1H2,(H,11,12,13,14). The maximum absolute atomic E-state index is 11.7. The lowest BCUT2D eigenvalue weighted by atomic mass is 10.6. The number of aromatic nitrogens is 3. The Morgan fingerprint density at radius 3 is 2.00 bits per heavy atom. The van der Waals surface area contributed by atoms with E-state index >= 15 is 0 Å². The smallest absolute Gasteiger partial charge is 0.345 e. The van der Waals surface area contributed by atoms with Gasteiger partial charge in [0.25, 0.3) is 0 Å². The molecule has 1 heterocycles. The van der Waals surface area contributed by atoms with Crippen LogP contribution in [-0.2, 0) is 0 Å². The SMILES string of the molecule is FC(F)(F)CNc1nc(Cl)nc(Cl)n1. The molecule has 0 aliphatic heterocycles. The van der Waals surface area contributed by atoms with Gasteiger partial charge >= 0.3 is 6.18 Å². The van der Waals surface area contributed by atoms with Crippen molar-refractivity contribution in [3.8, 4) is 0 Å². The van der Waals surface area contributed by atoms with Gasteiger partial charge in [-0.05, 0) is 23.2 Å². The van der Waals surface area contributed by atoms with Crippen molar-refractivity contribution in [3.63, 3.8) is 0 Å². The van der Waals surface area contributed by atoms with Crippen LogP contribution in [0.3, 0.4) is 0 Å². The molecule has 1 N–H and O–H groups in total. The molecular weight excluding hydrogens is 244 g/mol. The predicted octanol–water partition coefficient (Wildman–Crippen LogP) is 2.15. The largest absolute Gasteiger partial charge is 0.405 e. The van der Waals surface area contributed by atoms with E-state index in [1.165, 1.54) is 0 Å². The van der Waals surface area contributed by atoms with Crippen LogP contribution in [0, 0.1) is 0 Å². The maximum atomic E-state index is 11.7. The molecule has 0 fully saturated rings. The van der Waals surface area contributed by atoms with E-state index in [0.717, 1.165) is 0 Å². The number of alkyl halides is 3. The van der Waals surface area contributed by atoms with Crippen molar-refractivity contribution in [1.29, 1.82) is 0 Å². The highest BCUT2D eigenvalue weighted by Gasteiger charge is 2.27. The number of rotatable bonds is 2. The Bertz CT molecular complexity index is 309.